The van der Waals surface area contributed by atoms with Crippen LogP contribution in [-0.2, 0) is 4.79 Å². The molecule has 2 N–H and O–H groups in total. The highest BCUT2D eigenvalue weighted by atomic mass is 32.1. The summed E-state index contributed by atoms with van der Waals surface area (Å²) in [6, 6.07) is 21.9. The number of amides is 1. The number of nitrogens with zero attached hydrogens (tertiary/aromatic N) is 3. The SMILES string of the molecule is CC1=C(C(=O)Nc2ccccc2)[C@H](c2ccc(C)o2)n2c(sc(=Cc3cn[nH]c3-c3ccccc3)c2=O)=N1. The van der Waals surface area contributed by atoms with Crippen molar-refractivity contribution in [2.24, 2.45) is 4.99 Å². The first-order chi connectivity index (χ1) is 18.5. The predicted octanol–water partition coefficient (Wildman–Crippen LogP) is 4.17. The fraction of sp³-hybridized carbons (Fsp3) is 0.103. The molecule has 0 radical (unpaired) electrons. The van der Waals surface area contributed by atoms with Gasteiger partial charge in [-0.05, 0) is 44.2 Å². The Morgan fingerprint density at radius 2 is 1.79 bits per heavy atom. The molecule has 0 saturated heterocycles. The number of carbonyl (C=O) groups is 1. The number of carbonyl (C=O) groups excluding carboxylic acids is 1. The molecule has 0 bridgehead atoms. The van der Waals surface area contributed by atoms with Crippen molar-refractivity contribution in [1.29, 1.82) is 0 Å². The van der Waals surface area contributed by atoms with Gasteiger partial charge in [0.15, 0.2) is 4.80 Å². The molecule has 1 amide bonds. The van der Waals surface area contributed by atoms with E-state index >= 15 is 0 Å². The summed E-state index contributed by atoms with van der Waals surface area (Å²) < 4.78 is 8.00. The maximum atomic E-state index is 13.9. The topological polar surface area (TPSA) is 105 Å². The lowest BCUT2D eigenvalue weighted by atomic mass is 10.00. The van der Waals surface area contributed by atoms with Crippen molar-refractivity contribution in [2.45, 2.75) is 19.9 Å². The second kappa shape index (κ2) is 9.60. The van der Waals surface area contributed by atoms with Crippen LogP contribution >= 0.6 is 11.3 Å². The van der Waals surface area contributed by atoms with E-state index < -0.39 is 6.04 Å². The van der Waals surface area contributed by atoms with Crippen LogP contribution in [0.5, 0.6) is 0 Å². The lowest BCUT2D eigenvalue weighted by Crippen LogP contribution is -2.40. The van der Waals surface area contributed by atoms with E-state index in [1.165, 1.54) is 11.3 Å². The summed E-state index contributed by atoms with van der Waals surface area (Å²) in [5.74, 6) is 0.841. The van der Waals surface area contributed by atoms with Gasteiger partial charge in [-0.2, -0.15) is 5.10 Å². The van der Waals surface area contributed by atoms with Crippen molar-refractivity contribution in [3.05, 3.63) is 127 Å². The Bertz CT molecular complexity index is 1860. The number of allylic oxidation sites excluding steroid dienone is 1. The number of H-pyrrole nitrogens is 1. The number of aryl methyl sites for hydroxylation is 1. The van der Waals surface area contributed by atoms with Gasteiger partial charge in [0, 0.05) is 16.8 Å². The molecule has 188 valence electrons. The molecule has 1 aliphatic rings. The number of anilines is 1. The molecule has 0 fully saturated rings. The minimum atomic E-state index is -0.760. The van der Waals surface area contributed by atoms with E-state index in [9.17, 15) is 9.59 Å². The Balaban J connectivity index is 1.49. The van der Waals surface area contributed by atoms with Crippen LogP contribution in [0.2, 0.25) is 0 Å². The van der Waals surface area contributed by atoms with Crippen molar-refractivity contribution in [2.75, 3.05) is 5.32 Å². The number of nitrogens with one attached hydrogen (secondary N) is 2. The first-order valence-corrected chi connectivity index (χ1v) is 12.9. The Kier molecular flexibility index (Phi) is 5.97. The first kappa shape index (κ1) is 23.6. The number of furan rings is 1. The van der Waals surface area contributed by atoms with Crippen LogP contribution in [0, 0.1) is 6.92 Å². The minimum Gasteiger partial charge on any atom is -0.464 e. The van der Waals surface area contributed by atoms with Crippen LogP contribution in [0.25, 0.3) is 17.3 Å². The second-order valence-electron chi connectivity index (χ2n) is 8.92. The Hall–Kier alpha value is -4.76. The summed E-state index contributed by atoms with van der Waals surface area (Å²) in [7, 11) is 0. The van der Waals surface area contributed by atoms with Crippen molar-refractivity contribution >= 4 is 29.0 Å². The lowest BCUT2D eigenvalue weighted by molar-refractivity contribution is -0.113. The van der Waals surface area contributed by atoms with E-state index in [0.717, 1.165) is 16.8 Å². The molecule has 0 unspecified atom stereocenters. The normalized spacial score (nSPS) is 15.3. The van der Waals surface area contributed by atoms with E-state index in [4.69, 9.17) is 4.42 Å². The molecule has 0 aliphatic carbocycles. The average Bonchev–Trinajstić information content (AvgIpc) is 3.64. The summed E-state index contributed by atoms with van der Waals surface area (Å²) in [5, 5.41) is 10.2. The summed E-state index contributed by atoms with van der Waals surface area (Å²) in [4.78, 5) is 32.6. The molecule has 5 aromatic rings. The van der Waals surface area contributed by atoms with E-state index in [1.54, 1.807) is 23.8 Å². The quantitative estimate of drug-likeness (QED) is 0.362. The molecular formula is C29H23N5O3S. The fourth-order valence-corrected chi connectivity index (χ4v) is 5.62. The Morgan fingerprint density at radius 1 is 1.05 bits per heavy atom. The van der Waals surface area contributed by atoms with Gasteiger partial charge in [-0.1, -0.05) is 59.9 Å². The van der Waals surface area contributed by atoms with Crippen molar-refractivity contribution in [1.82, 2.24) is 14.8 Å². The predicted molar refractivity (Wildman–Crippen MR) is 146 cm³/mol. The highest BCUT2D eigenvalue weighted by Crippen LogP contribution is 2.32. The third-order valence-corrected chi connectivity index (χ3v) is 7.33. The molecule has 1 aliphatic heterocycles. The zero-order chi connectivity index (χ0) is 26.2. The van der Waals surface area contributed by atoms with Gasteiger partial charge in [-0.15, -0.1) is 0 Å². The van der Waals surface area contributed by atoms with Crippen LogP contribution in [0.4, 0.5) is 5.69 Å². The zero-order valence-corrected chi connectivity index (χ0v) is 21.5. The van der Waals surface area contributed by atoms with Crippen LogP contribution in [0.1, 0.15) is 30.0 Å². The van der Waals surface area contributed by atoms with Crippen molar-refractivity contribution < 1.29 is 9.21 Å². The number of aromatic nitrogens is 3. The van der Waals surface area contributed by atoms with Gasteiger partial charge in [0.25, 0.3) is 11.5 Å². The minimum absolute atomic E-state index is 0.259. The van der Waals surface area contributed by atoms with Gasteiger partial charge in [0.05, 0.1) is 27.7 Å². The van der Waals surface area contributed by atoms with Crippen molar-refractivity contribution in [3.8, 4) is 11.3 Å². The second-order valence-corrected chi connectivity index (χ2v) is 9.93. The Labute approximate surface area is 221 Å². The van der Waals surface area contributed by atoms with E-state index in [0.29, 0.717) is 37.8 Å². The summed E-state index contributed by atoms with van der Waals surface area (Å²) >= 11 is 1.27. The number of rotatable bonds is 5. The van der Waals surface area contributed by atoms with E-state index in [2.05, 4.69) is 20.5 Å². The smallest absolute Gasteiger partial charge is 0.271 e. The zero-order valence-electron chi connectivity index (χ0n) is 20.6. The largest absolute Gasteiger partial charge is 0.464 e. The van der Waals surface area contributed by atoms with Gasteiger partial charge < -0.3 is 9.73 Å². The van der Waals surface area contributed by atoms with Crippen LogP contribution in [0.15, 0.2) is 104 Å². The maximum absolute atomic E-state index is 13.9. The number of thiazole rings is 1. The van der Waals surface area contributed by atoms with Crippen LogP contribution in [0.3, 0.4) is 0 Å². The molecular weight excluding hydrogens is 498 g/mol. The molecule has 1 atom stereocenters. The number of hydrogen-bond donors (Lipinski definition) is 2. The van der Waals surface area contributed by atoms with E-state index in [-0.39, 0.29) is 11.5 Å². The molecule has 2 aromatic carbocycles. The van der Waals surface area contributed by atoms with Gasteiger partial charge in [0.2, 0.25) is 0 Å². The molecule has 0 saturated carbocycles. The molecule has 3 aromatic heterocycles. The number of benzene rings is 2. The highest BCUT2D eigenvalue weighted by Gasteiger charge is 2.34. The number of para-hydroxylation sites is 1. The maximum Gasteiger partial charge on any atom is 0.271 e. The standard InChI is InChI=1S/C29H23N5O3S/c1-17-13-14-22(37-17)26-24(27(35)32-21-11-7-4-8-12-21)18(2)31-29-34(26)28(36)23(38-29)15-20-16-30-33-25(20)19-9-5-3-6-10-19/h3-16,26H,1-2H3,(H,30,33)(H,32,35)/t26-/m0/s1. The molecule has 6 rings (SSSR count). The van der Waals surface area contributed by atoms with Gasteiger partial charge in [-0.3, -0.25) is 19.3 Å². The summed E-state index contributed by atoms with van der Waals surface area (Å²) in [6.45, 7) is 3.61. The van der Waals surface area contributed by atoms with Crippen LogP contribution < -0.4 is 20.2 Å². The average molecular weight is 522 g/mol. The van der Waals surface area contributed by atoms with Gasteiger partial charge in [0.1, 0.15) is 17.6 Å². The Morgan fingerprint density at radius 3 is 2.50 bits per heavy atom. The molecule has 8 nitrogen and oxygen atoms in total. The number of fused-ring (bicyclic) bond motifs is 1. The van der Waals surface area contributed by atoms with Gasteiger partial charge >= 0.3 is 0 Å². The highest BCUT2D eigenvalue weighted by molar-refractivity contribution is 7.07. The molecule has 9 heteroatoms. The lowest BCUT2D eigenvalue weighted by Gasteiger charge is -2.23. The first-order valence-electron chi connectivity index (χ1n) is 12.0. The number of aromatic amines is 1. The third kappa shape index (κ3) is 4.22. The fourth-order valence-electron chi connectivity index (χ4n) is 4.58. The molecule has 0 spiro atoms. The number of hydrogen-bond acceptors (Lipinski definition) is 6. The molecule has 4 heterocycles. The van der Waals surface area contributed by atoms with Crippen molar-refractivity contribution in [3.63, 3.8) is 0 Å². The molecule has 38 heavy (non-hydrogen) atoms. The third-order valence-electron chi connectivity index (χ3n) is 6.35. The summed E-state index contributed by atoms with van der Waals surface area (Å²) in [6.07, 6.45) is 3.50. The van der Waals surface area contributed by atoms with Crippen LogP contribution in [-0.4, -0.2) is 20.7 Å². The monoisotopic (exact) mass is 521 g/mol. The van der Waals surface area contributed by atoms with Gasteiger partial charge in [-0.25, -0.2) is 4.99 Å². The summed E-state index contributed by atoms with van der Waals surface area (Å²) in [5.41, 5.74) is 3.83. The van der Waals surface area contributed by atoms with E-state index in [1.807, 2.05) is 79.7 Å².